The molecule has 0 aliphatic heterocycles. The topological polar surface area (TPSA) is 51.2 Å². The average molecular weight is 427 g/mol. The second-order valence-electron chi connectivity index (χ2n) is 7.24. The van der Waals surface area contributed by atoms with Crippen molar-refractivity contribution >= 4 is 28.8 Å². The maximum atomic E-state index is 12.8. The Hall–Kier alpha value is -2.37. The highest BCUT2D eigenvalue weighted by Gasteiger charge is 2.39. The second kappa shape index (κ2) is 8.56. The maximum absolute atomic E-state index is 12.8. The Morgan fingerprint density at radius 1 is 1.21 bits per heavy atom. The number of nitrogens with zero attached hydrogens (tertiary/aromatic N) is 1. The molecule has 0 unspecified atom stereocenters. The van der Waals surface area contributed by atoms with E-state index in [0.29, 0.717) is 11.6 Å². The van der Waals surface area contributed by atoms with Crippen molar-refractivity contribution in [2.45, 2.75) is 38.1 Å². The van der Waals surface area contributed by atoms with Crippen molar-refractivity contribution in [1.29, 1.82) is 0 Å². The number of hydrogen-bond acceptors (Lipinski definition) is 4. The van der Waals surface area contributed by atoms with Gasteiger partial charge in [-0.2, -0.15) is 0 Å². The lowest BCUT2D eigenvalue weighted by molar-refractivity contribution is -0.123. The molecule has 2 aromatic carbocycles. The molecule has 1 aliphatic carbocycles. The third-order valence-corrected chi connectivity index (χ3v) is 6.47. The van der Waals surface area contributed by atoms with Crippen LogP contribution in [-0.2, 0) is 16.8 Å². The van der Waals surface area contributed by atoms with Gasteiger partial charge < -0.3 is 10.1 Å². The van der Waals surface area contributed by atoms with Gasteiger partial charge in [-0.3, -0.25) is 4.79 Å². The lowest BCUT2D eigenvalue weighted by Gasteiger charge is -2.43. The summed E-state index contributed by atoms with van der Waals surface area (Å²) in [5.41, 5.74) is 2.58. The standard InChI is InChI=1S/C23H23ClN2O2S/c1-2-28-20-7-4-3-6-19(20)22-25-18(15-29-22)14-21(27)26-23(12-5-13-23)16-8-10-17(24)11-9-16/h3-4,6-11,15H,2,5,12-14H2,1H3,(H,26,27). The number of carbonyl (C=O) groups excluding carboxylic acids is 1. The summed E-state index contributed by atoms with van der Waals surface area (Å²) >= 11 is 7.55. The maximum Gasteiger partial charge on any atom is 0.226 e. The molecule has 150 valence electrons. The van der Waals surface area contributed by atoms with Crippen LogP contribution < -0.4 is 10.1 Å². The smallest absolute Gasteiger partial charge is 0.226 e. The molecule has 4 nitrogen and oxygen atoms in total. The molecule has 0 radical (unpaired) electrons. The molecule has 1 aromatic heterocycles. The van der Waals surface area contributed by atoms with Gasteiger partial charge in [0.1, 0.15) is 10.8 Å². The Balaban J connectivity index is 1.46. The van der Waals surface area contributed by atoms with Crippen LogP contribution in [0.25, 0.3) is 10.6 Å². The third kappa shape index (κ3) is 4.31. The zero-order valence-electron chi connectivity index (χ0n) is 16.3. The molecule has 1 fully saturated rings. The average Bonchev–Trinajstić information content (AvgIpc) is 3.14. The molecule has 0 bridgehead atoms. The van der Waals surface area contributed by atoms with Crippen LogP contribution in [0.2, 0.25) is 5.02 Å². The number of carbonyl (C=O) groups is 1. The summed E-state index contributed by atoms with van der Waals surface area (Å²) in [7, 11) is 0. The van der Waals surface area contributed by atoms with Gasteiger partial charge in [0.2, 0.25) is 5.91 Å². The molecule has 3 aromatic rings. The Morgan fingerprint density at radius 3 is 2.66 bits per heavy atom. The minimum atomic E-state index is -0.276. The van der Waals surface area contributed by atoms with Gasteiger partial charge in [0.05, 0.1) is 29.8 Å². The molecule has 4 rings (SSSR count). The first kappa shape index (κ1) is 19.9. The fourth-order valence-electron chi connectivity index (χ4n) is 3.70. The number of hydrogen-bond donors (Lipinski definition) is 1. The van der Waals surface area contributed by atoms with Crippen molar-refractivity contribution in [2.75, 3.05) is 6.61 Å². The number of halogens is 1. The molecule has 1 amide bonds. The second-order valence-corrected chi connectivity index (χ2v) is 8.54. The van der Waals surface area contributed by atoms with Gasteiger partial charge in [-0.05, 0) is 56.0 Å². The molecule has 0 atom stereocenters. The van der Waals surface area contributed by atoms with Crippen LogP contribution in [-0.4, -0.2) is 17.5 Å². The lowest BCUT2D eigenvalue weighted by Crippen LogP contribution is -2.51. The number of rotatable bonds is 7. The van der Waals surface area contributed by atoms with E-state index in [1.165, 1.54) is 11.3 Å². The quantitative estimate of drug-likeness (QED) is 0.535. The highest BCUT2D eigenvalue weighted by molar-refractivity contribution is 7.13. The monoisotopic (exact) mass is 426 g/mol. The van der Waals surface area contributed by atoms with Gasteiger partial charge in [-0.1, -0.05) is 35.9 Å². The molecule has 0 saturated heterocycles. The third-order valence-electron chi connectivity index (χ3n) is 5.29. The van der Waals surface area contributed by atoms with Crippen LogP contribution in [0, 0.1) is 0 Å². The first-order chi connectivity index (χ1) is 14.1. The van der Waals surface area contributed by atoms with Crippen molar-refractivity contribution < 1.29 is 9.53 Å². The van der Waals surface area contributed by atoms with Crippen LogP contribution in [0.4, 0.5) is 0 Å². The van der Waals surface area contributed by atoms with E-state index < -0.39 is 0 Å². The summed E-state index contributed by atoms with van der Waals surface area (Å²) in [6.45, 7) is 2.57. The van der Waals surface area contributed by atoms with E-state index in [9.17, 15) is 4.79 Å². The first-order valence-corrected chi connectivity index (χ1v) is 11.1. The van der Waals surface area contributed by atoms with E-state index in [0.717, 1.165) is 46.8 Å². The van der Waals surface area contributed by atoms with E-state index in [2.05, 4.69) is 10.3 Å². The fourth-order valence-corrected chi connectivity index (χ4v) is 4.67. The molecule has 0 spiro atoms. The number of para-hydroxylation sites is 1. The van der Waals surface area contributed by atoms with Crippen molar-refractivity contribution in [3.8, 4) is 16.3 Å². The SMILES string of the molecule is CCOc1ccccc1-c1nc(CC(=O)NC2(c3ccc(Cl)cc3)CCC2)cs1. The van der Waals surface area contributed by atoms with Crippen molar-refractivity contribution in [1.82, 2.24) is 10.3 Å². The largest absolute Gasteiger partial charge is 0.493 e. The normalized spacial score (nSPS) is 14.8. The van der Waals surface area contributed by atoms with Crippen LogP contribution in [0.5, 0.6) is 5.75 Å². The minimum absolute atomic E-state index is 0.00501. The summed E-state index contributed by atoms with van der Waals surface area (Å²) in [6, 6.07) is 15.6. The molecule has 1 heterocycles. The highest BCUT2D eigenvalue weighted by Crippen LogP contribution is 2.41. The predicted octanol–water partition coefficient (Wildman–Crippen LogP) is 5.60. The summed E-state index contributed by atoms with van der Waals surface area (Å²) < 4.78 is 5.71. The first-order valence-electron chi connectivity index (χ1n) is 9.83. The summed E-state index contributed by atoms with van der Waals surface area (Å²) in [5, 5.41) is 6.78. The van der Waals surface area contributed by atoms with Crippen LogP contribution in [0.15, 0.2) is 53.9 Å². The van der Waals surface area contributed by atoms with Gasteiger partial charge in [-0.25, -0.2) is 4.98 Å². The molecular formula is C23H23ClN2O2S. The van der Waals surface area contributed by atoms with Gasteiger partial charge in [-0.15, -0.1) is 11.3 Å². The van der Waals surface area contributed by atoms with Crippen molar-refractivity contribution in [3.05, 3.63) is 70.2 Å². The van der Waals surface area contributed by atoms with Crippen molar-refractivity contribution in [2.24, 2.45) is 0 Å². The van der Waals surface area contributed by atoms with E-state index in [1.807, 2.05) is 60.8 Å². The number of benzene rings is 2. The van der Waals surface area contributed by atoms with E-state index in [-0.39, 0.29) is 17.9 Å². The number of nitrogens with one attached hydrogen (secondary N) is 1. The Bertz CT molecular complexity index is 996. The van der Waals surface area contributed by atoms with Crippen molar-refractivity contribution in [3.63, 3.8) is 0 Å². The van der Waals surface area contributed by atoms with Crippen LogP contribution >= 0.6 is 22.9 Å². The number of aromatic nitrogens is 1. The summed E-state index contributed by atoms with van der Waals surface area (Å²) in [4.78, 5) is 17.5. The van der Waals surface area contributed by atoms with Gasteiger partial charge in [0.15, 0.2) is 0 Å². The fraction of sp³-hybridized carbons (Fsp3) is 0.304. The summed E-state index contributed by atoms with van der Waals surface area (Å²) in [5.74, 6) is 0.811. The lowest BCUT2D eigenvalue weighted by atomic mass is 9.71. The van der Waals surface area contributed by atoms with Gasteiger partial charge in [0, 0.05) is 10.4 Å². The van der Waals surface area contributed by atoms with Gasteiger partial charge >= 0.3 is 0 Å². The van der Waals surface area contributed by atoms with E-state index in [4.69, 9.17) is 16.3 Å². The Morgan fingerprint density at radius 2 is 1.97 bits per heavy atom. The van der Waals surface area contributed by atoms with Crippen LogP contribution in [0.3, 0.4) is 0 Å². The Labute approximate surface area is 179 Å². The van der Waals surface area contributed by atoms with E-state index in [1.54, 1.807) is 0 Å². The molecular weight excluding hydrogens is 404 g/mol. The zero-order chi connectivity index (χ0) is 20.3. The number of ether oxygens (including phenoxy) is 1. The van der Waals surface area contributed by atoms with E-state index >= 15 is 0 Å². The van der Waals surface area contributed by atoms with Gasteiger partial charge in [0.25, 0.3) is 0 Å². The predicted molar refractivity (Wildman–Crippen MR) is 118 cm³/mol. The molecule has 29 heavy (non-hydrogen) atoms. The molecule has 1 saturated carbocycles. The van der Waals surface area contributed by atoms with Crippen LogP contribution in [0.1, 0.15) is 37.4 Å². The number of amides is 1. The Kier molecular flexibility index (Phi) is 5.88. The highest BCUT2D eigenvalue weighted by atomic mass is 35.5. The molecule has 1 N–H and O–H groups in total. The molecule has 6 heteroatoms. The molecule has 1 aliphatic rings. The summed E-state index contributed by atoms with van der Waals surface area (Å²) in [6.07, 6.45) is 3.27. The number of thiazole rings is 1. The minimum Gasteiger partial charge on any atom is -0.493 e. The zero-order valence-corrected chi connectivity index (χ0v) is 17.9.